The Kier molecular flexibility index (Phi) is 6.47. The zero-order valence-corrected chi connectivity index (χ0v) is 13.0. The molecule has 1 unspecified atom stereocenters. The topological polar surface area (TPSA) is 122 Å². The van der Waals surface area contributed by atoms with E-state index in [1.165, 1.54) is 38.3 Å². The van der Waals surface area contributed by atoms with E-state index in [1.54, 1.807) is 0 Å². The minimum absolute atomic E-state index is 0.00596. The highest BCUT2D eigenvalue weighted by molar-refractivity contribution is 7.89. The van der Waals surface area contributed by atoms with Gasteiger partial charge in [-0.25, -0.2) is 13.1 Å². The summed E-state index contributed by atoms with van der Waals surface area (Å²) in [6.45, 7) is 1.71. The third-order valence-electron chi connectivity index (χ3n) is 2.74. The van der Waals surface area contributed by atoms with Gasteiger partial charge < -0.3 is 15.2 Å². The summed E-state index contributed by atoms with van der Waals surface area (Å²) in [5.41, 5.74) is 0.170. The number of nitrogens with one attached hydrogen (secondary N) is 2. The summed E-state index contributed by atoms with van der Waals surface area (Å²) in [7, 11) is -2.21. The molecule has 0 bridgehead atoms. The smallest absolute Gasteiger partial charge is 0.325 e. The van der Waals surface area contributed by atoms with Gasteiger partial charge in [0.05, 0.1) is 11.5 Å². The molecule has 122 valence electrons. The summed E-state index contributed by atoms with van der Waals surface area (Å²) < 4.78 is 30.9. The predicted molar refractivity (Wildman–Crippen MR) is 78.1 cm³/mol. The molecule has 0 aromatic heterocycles. The van der Waals surface area contributed by atoms with Crippen molar-refractivity contribution in [1.29, 1.82) is 0 Å². The van der Waals surface area contributed by atoms with Gasteiger partial charge in [-0.05, 0) is 31.2 Å². The van der Waals surface area contributed by atoms with Crippen LogP contribution in [0.1, 0.15) is 17.3 Å². The number of hydrogen-bond donors (Lipinski definition) is 3. The van der Waals surface area contributed by atoms with Crippen molar-refractivity contribution in [2.45, 2.75) is 17.9 Å². The predicted octanol–water partition coefficient (Wildman–Crippen LogP) is -0.186. The summed E-state index contributed by atoms with van der Waals surface area (Å²) in [6, 6.07) is 4.14. The number of rotatable bonds is 8. The van der Waals surface area contributed by atoms with Crippen molar-refractivity contribution in [2.24, 2.45) is 0 Å². The number of carbonyl (C=O) groups excluding carboxylic acids is 1. The van der Waals surface area contributed by atoms with Crippen LogP contribution in [0.15, 0.2) is 29.2 Å². The zero-order chi connectivity index (χ0) is 16.8. The first-order valence-electron chi connectivity index (χ1n) is 6.40. The molecule has 1 rings (SSSR count). The maximum atomic E-state index is 11.9. The Morgan fingerprint density at radius 2 is 1.86 bits per heavy atom. The molecule has 0 heterocycles. The molecule has 8 nitrogen and oxygen atoms in total. The second-order valence-corrected chi connectivity index (χ2v) is 6.22. The fourth-order valence-corrected chi connectivity index (χ4v) is 2.50. The van der Waals surface area contributed by atoms with E-state index in [2.05, 4.69) is 10.0 Å². The molecule has 9 heteroatoms. The van der Waals surface area contributed by atoms with E-state index in [9.17, 15) is 18.0 Å². The fourth-order valence-electron chi connectivity index (χ4n) is 1.49. The number of hydrogen-bond acceptors (Lipinski definition) is 5. The molecule has 0 saturated heterocycles. The second-order valence-electron chi connectivity index (χ2n) is 4.45. The van der Waals surface area contributed by atoms with Crippen LogP contribution in [0.2, 0.25) is 0 Å². The summed E-state index contributed by atoms with van der Waals surface area (Å²) >= 11 is 0. The van der Waals surface area contributed by atoms with Gasteiger partial charge in [0, 0.05) is 19.2 Å². The SMILES string of the molecule is COCCNS(=O)(=O)c1ccc(C(=O)NC(C)C(=O)O)cc1. The first-order valence-corrected chi connectivity index (χ1v) is 7.88. The van der Waals surface area contributed by atoms with Crippen molar-refractivity contribution >= 4 is 21.9 Å². The van der Waals surface area contributed by atoms with Crippen LogP contribution in [0.4, 0.5) is 0 Å². The van der Waals surface area contributed by atoms with Crippen molar-refractivity contribution in [1.82, 2.24) is 10.0 Å². The van der Waals surface area contributed by atoms with E-state index in [1.807, 2.05) is 0 Å². The average molecular weight is 330 g/mol. The number of carbonyl (C=O) groups is 2. The molecule has 0 aliphatic heterocycles. The minimum atomic E-state index is -3.67. The van der Waals surface area contributed by atoms with Crippen molar-refractivity contribution in [2.75, 3.05) is 20.3 Å². The van der Waals surface area contributed by atoms with Crippen LogP contribution in [-0.4, -0.2) is 51.7 Å². The molecular formula is C13H18N2O6S. The lowest BCUT2D eigenvalue weighted by molar-refractivity contribution is -0.138. The summed E-state index contributed by atoms with van der Waals surface area (Å²) in [5, 5.41) is 11.0. The lowest BCUT2D eigenvalue weighted by atomic mass is 10.2. The molecule has 3 N–H and O–H groups in total. The Bertz CT molecular complexity index is 626. The number of methoxy groups -OCH3 is 1. The molecule has 22 heavy (non-hydrogen) atoms. The third-order valence-corrected chi connectivity index (χ3v) is 4.22. The Morgan fingerprint density at radius 1 is 1.27 bits per heavy atom. The van der Waals surface area contributed by atoms with E-state index in [0.29, 0.717) is 0 Å². The summed E-state index contributed by atoms with van der Waals surface area (Å²) in [6.07, 6.45) is 0. The van der Waals surface area contributed by atoms with Gasteiger partial charge in [-0.2, -0.15) is 0 Å². The Labute approximate surface area is 128 Å². The fraction of sp³-hybridized carbons (Fsp3) is 0.385. The standard InChI is InChI=1S/C13H18N2O6S/c1-9(13(17)18)15-12(16)10-3-5-11(6-4-10)22(19,20)14-7-8-21-2/h3-6,9,14H,7-8H2,1-2H3,(H,15,16)(H,17,18). The van der Waals surface area contributed by atoms with Gasteiger partial charge in [0.15, 0.2) is 0 Å². The molecule has 1 amide bonds. The Balaban J connectivity index is 2.78. The van der Waals surface area contributed by atoms with Crippen molar-refractivity contribution in [3.8, 4) is 0 Å². The van der Waals surface area contributed by atoms with Crippen LogP contribution in [0, 0.1) is 0 Å². The summed E-state index contributed by atoms with van der Waals surface area (Å²) in [4.78, 5) is 22.4. The number of aliphatic carboxylic acids is 1. The van der Waals surface area contributed by atoms with E-state index in [0.717, 1.165) is 0 Å². The number of benzene rings is 1. The molecule has 0 aliphatic carbocycles. The van der Waals surface area contributed by atoms with Crippen LogP contribution in [0.25, 0.3) is 0 Å². The molecule has 0 fully saturated rings. The highest BCUT2D eigenvalue weighted by Gasteiger charge is 2.17. The van der Waals surface area contributed by atoms with E-state index in [-0.39, 0.29) is 23.6 Å². The van der Waals surface area contributed by atoms with Gasteiger partial charge in [-0.15, -0.1) is 0 Å². The quantitative estimate of drug-likeness (QED) is 0.568. The lowest BCUT2D eigenvalue weighted by Crippen LogP contribution is -2.38. The first-order chi connectivity index (χ1) is 10.3. The van der Waals surface area contributed by atoms with Crippen molar-refractivity contribution in [3.05, 3.63) is 29.8 Å². The Morgan fingerprint density at radius 3 is 2.36 bits per heavy atom. The molecule has 1 aromatic rings. The molecule has 0 spiro atoms. The van der Waals surface area contributed by atoms with Crippen LogP contribution in [-0.2, 0) is 19.6 Å². The normalized spacial score (nSPS) is 12.6. The van der Waals surface area contributed by atoms with Crippen molar-refractivity contribution < 1.29 is 27.9 Å². The third kappa shape index (κ3) is 5.10. The molecule has 0 aliphatic rings. The zero-order valence-electron chi connectivity index (χ0n) is 12.2. The lowest BCUT2D eigenvalue weighted by Gasteiger charge is -2.10. The summed E-state index contributed by atoms with van der Waals surface area (Å²) in [5.74, 6) is -1.75. The molecule has 0 saturated carbocycles. The largest absolute Gasteiger partial charge is 0.480 e. The highest BCUT2D eigenvalue weighted by Crippen LogP contribution is 2.10. The minimum Gasteiger partial charge on any atom is -0.480 e. The van der Waals surface area contributed by atoms with Gasteiger partial charge in [0.1, 0.15) is 6.04 Å². The number of ether oxygens (including phenoxy) is 1. The Hall–Kier alpha value is -1.97. The number of carboxylic acid groups (broad SMARTS) is 1. The number of amides is 1. The second kappa shape index (κ2) is 7.87. The van der Waals surface area contributed by atoms with Crippen LogP contribution in [0.3, 0.4) is 0 Å². The van der Waals surface area contributed by atoms with E-state index < -0.39 is 27.9 Å². The van der Waals surface area contributed by atoms with E-state index >= 15 is 0 Å². The van der Waals surface area contributed by atoms with Gasteiger partial charge >= 0.3 is 5.97 Å². The molecule has 1 atom stereocenters. The molecule has 0 radical (unpaired) electrons. The van der Waals surface area contributed by atoms with E-state index in [4.69, 9.17) is 9.84 Å². The maximum absolute atomic E-state index is 11.9. The number of carboxylic acids is 1. The van der Waals surface area contributed by atoms with Crippen molar-refractivity contribution in [3.63, 3.8) is 0 Å². The monoisotopic (exact) mass is 330 g/mol. The highest BCUT2D eigenvalue weighted by atomic mass is 32.2. The van der Waals surface area contributed by atoms with Crippen LogP contribution >= 0.6 is 0 Å². The molecular weight excluding hydrogens is 312 g/mol. The van der Waals surface area contributed by atoms with Gasteiger partial charge in [0.25, 0.3) is 5.91 Å². The average Bonchev–Trinajstić information content (AvgIpc) is 2.47. The van der Waals surface area contributed by atoms with Crippen LogP contribution in [0.5, 0.6) is 0 Å². The number of sulfonamides is 1. The molecule has 1 aromatic carbocycles. The van der Waals surface area contributed by atoms with Crippen LogP contribution < -0.4 is 10.0 Å². The van der Waals surface area contributed by atoms with Gasteiger partial charge in [-0.3, -0.25) is 9.59 Å². The van der Waals surface area contributed by atoms with Gasteiger partial charge in [0.2, 0.25) is 10.0 Å². The van der Waals surface area contributed by atoms with Gasteiger partial charge in [-0.1, -0.05) is 0 Å². The maximum Gasteiger partial charge on any atom is 0.325 e. The first kappa shape index (κ1) is 18.1.